The predicted octanol–water partition coefficient (Wildman–Crippen LogP) is 4.71. The number of fused-ring (bicyclic) bond motifs is 1. The van der Waals surface area contributed by atoms with Crippen LogP contribution in [0, 0.1) is 48.8 Å². The van der Waals surface area contributed by atoms with Gasteiger partial charge < -0.3 is 14.6 Å². The molecule has 3 fully saturated rings. The van der Waals surface area contributed by atoms with E-state index >= 15 is 0 Å². The lowest BCUT2D eigenvalue weighted by Gasteiger charge is -2.66. The van der Waals surface area contributed by atoms with Crippen molar-refractivity contribution in [2.45, 2.75) is 52.1 Å². The molecule has 3 aromatic heterocycles. The van der Waals surface area contributed by atoms with E-state index in [0.717, 1.165) is 47.5 Å². The van der Waals surface area contributed by atoms with Crippen LogP contribution in [-0.4, -0.2) is 35.3 Å². The summed E-state index contributed by atoms with van der Waals surface area (Å²) in [5.74, 6) is 2.30. The summed E-state index contributed by atoms with van der Waals surface area (Å²) in [4.78, 5) is 14.4. The number of aromatic amines is 1. The van der Waals surface area contributed by atoms with Crippen LogP contribution in [-0.2, 0) is 6.54 Å². The molecular weight excluding hydrogens is 466 g/mol. The number of nitriles is 2. The zero-order valence-electron chi connectivity index (χ0n) is 20.8. The van der Waals surface area contributed by atoms with Gasteiger partial charge in [0.05, 0.1) is 29.8 Å². The maximum Gasteiger partial charge on any atom is 0.252 e. The molecule has 10 nitrogen and oxygen atoms in total. The second-order valence-corrected chi connectivity index (χ2v) is 10.2. The highest BCUT2D eigenvalue weighted by Gasteiger charge is 2.69. The van der Waals surface area contributed by atoms with Crippen LogP contribution in [0.4, 0.5) is 5.95 Å². The van der Waals surface area contributed by atoms with E-state index in [2.05, 4.69) is 21.6 Å². The number of ether oxygens (including phenoxy) is 1. The fourth-order valence-corrected chi connectivity index (χ4v) is 5.69. The highest BCUT2D eigenvalue weighted by Crippen LogP contribution is 2.67. The molecule has 0 saturated heterocycles. The summed E-state index contributed by atoms with van der Waals surface area (Å²) < 4.78 is 8.46. The van der Waals surface area contributed by atoms with Crippen molar-refractivity contribution in [3.05, 3.63) is 58.7 Å². The van der Waals surface area contributed by atoms with Gasteiger partial charge in [-0.25, -0.2) is 4.98 Å². The zero-order valence-corrected chi connectivity index (χ0v) is 20.8. The van der Waals surface area contributed by atoms with Gasteiger partial charge in [0.25, 0.3) is 5.88 Å². The smallest absolute Gasteiger partial charge is 0.252 e. The fraction of sp³-hybridized carbons (Fsp3) is 0.333. The number of hydrogen-bond donors (Lipinski definition) is 2. The number of rotatable bonds is 7. The summed E-state index contributed by atoms with van der Waals surface area (Å²) in [5, 5.41) is 28.9. The van der Waals surface area contributed by atoms with Gasteiger partial charge in [0.15, 0.2) is 11.2 Å². The topological polar surface area (TPSA) is 141 Å². The number of H-pyrrole nitrogens is 1. The number of aromatic nitrogens is 6. The lowest BCUT2D eigenvalue weighted by atomic mass is 9.40. The first kappa shape index (κ1) is 22.7. The normalized spacial score (nSPS) is 21.8. The molecule has 3 aliphatic rings. The summed E-state index contributed by atoms with van der Waals surface area (Å²) in [7, 11) is 0. The summed E-state index contributed by atoms with van der Waals surface area (Å²) in [6.45, 7) is 6.39. The Morgan fingerprint density at radius 3 is 2.54 bits per heavy atom. The number of benzene rings is 1. The zero-order chi connectivity index (χ0) is 25.8. The molecule has 0 amide bonds. The van der Waals surface area contributed by atoms with Crippen LogP contribution in [0.15, 0.2) is 30.5 Å². The molecule has 2 bridgehead atoms. The van der Waals surface area contributed by atoms with Crippen LogP contribution in [0.1, 0.15) is 47.5 Å². The van der Waals surface area contributed by atoms with Crippen molar-refractivity contribution in [1.29, 1.82) is 10.5 Å². The maximum atomic E-state index is 9.43. The minimum absolute atomic E-state index is 0.134. The van der Waals surface area contributed by atoms with E-state index in [1.807, 2.05) is 49.6 Å². The van der Waals surface area contributed by atoms with E-state index in [4.69, 9.17) is 25.0 Å². The van der Waals surface area contributed by atoms with Gasteiger partial charge in [-0.3, -0.25) is 5.10 Å². The van der Waals surface area contributed by atoms with Crippen LogP contribution >= 0.6 is 0 Å². The second-order valence-electron chi connectivity index (χ2n) is 10.2. The Bertz CT molecular complexity index is 1610. The fourth-order valence-electron chi connectivity index (χ4n) is 5.69. The van der Waals surface area contributed by atoms with Crippen LogP contribution in [0.5, 0.6) is 11.6 Å². The van der Waals surface area contributed by atoms with Crippen molar-refractivity contribution >= 4 is 23.2 Å². The Kier molecular flexibility index (Phi) is 5.02. The van der Waals surface area contributed by atoms with Crippen LogP contribution in [0.25, 0.3) is 17.2 Å². The van der Waals surface area contributed by atoms with E-state index in [1.165, 1.54) is 6.08 Å². The van der Waals surface area contributed by atoms with E-state index in [9.17, 15) is 5.26 Å². The molecular formula is C27H25N9O. The molecule has 4 aromatic rings. The molecule has 10 heteroatoms. The van der Waals surface area contributed by atoms with Crippen molar-refractivity contribution in [1.82, 2.24) is 29.7 Å². The first-order chi connectivity index (χ1) is 17.8. The molecule has 0 aliphatic heterocycles. The van der Waals surface area contributed by atoms with Crippen LogP contribution < -0.4 is 10.1 Å². The summed E-state index contributed by atoms with van der Waals surface area (Å²) >= 11 is 0. The molecule has 0 radical (unpaired) electrons. The number of nitrogens with one attached hydrogen (secondary N) is 2. The largest absolute Gasteiger partial charge is 0.436 e. The van der Waals surface area contributed by atoms with Crippen molar-refractivity contribution < 1.29 is 4.74 Å². The molecule has 3 saturated carbocycles. The minimum atomic E-state index is -0.189. The van der Waals surface area contributed by atoms with E-state index in [0.29, 0.717) is 35.3 Å². The monoisotopic (exact) mass is 491 g/mol. The molecule has 2 N–H and O–H groups in total. The summed E-state index contributed by atoms with van der Waals surface area (Å²) in [5.41, 5.74) is 4.60. The lowest BCUT2D eigenvalue weighted by Crippen LogP contribution is -2.70. The first-order valence-corrected chi connectivity index (χ1v) is 12.1. The Hall–Kier alpha value is -4.70. The minimum Gasteiger partial charge on any atom is -0.436 e. The van der Waals surface area contributed by atoms with Crippen LogP contribution in [0.2, 0.25) is 0 Å². The van der Waals surface area contributed by atoms with Gasteiger partial charge in [0.1, 0.15) is 11.6 Å². The van der Waals surface area contributed by atoms with Gasteiger partial charge in [-0.05, 0) is 81.0 Å². The predicted molar refractivity (Wildman–Crippen MR) is 137 cm³/mol. The molecule has 7 rings (SSSR count). The molecule has 1 aromatic carbocycles. The van der Waals surface area contributed by atoms with E-state index in [1.54, 1.807) is 12.3 Å². The summed E-state index contributed by atoms with van der Waals surface area (Å²) in [6.07, 6.45) is 7.35. The molecule has 37 heavy (non-hydrogen) atoms. The van der Waals surface area contributed by atoms with Crippen molar-refractivity contribution in [2.75, 3.05) is 5.32 Å². The van der Waals surface area contributed by atoms with E-state index in [-0.39, 0.29) is 11.0 Å². The third-order valence-electron chi connectivity index (χ3n) is 7.32. The highest BCUT2D eigenvalue weighted by atomic mass is 16.5. The molecule has 0 spiro atoms. The van der Waals surface area contributed by atoms with Crippen molar-refractivity contribution in [3.63, 3.8) is 0 Å². The van der Waals surface area contributed by atoms with Gasteiger partial charge in [0.2, 0.25) is 5.95 Å². The molecule has 3 heterocycles. The summed E-state index contributed by atoms with van der Waals surface area (Å²) in [6, 6.07) is 10.3. The van der Waals surface area contributed by atoms with Gasteiger partial charge in [-0.1, -0.05) is 0 Å². The highest BCUT2D eigenvalue weighted by molar-refractivity contribution is 5.79. The second kappa shape index (κ2) is 8.17. The number of anilines is 1. The molecule has 3 aliphatic carbocycles. The van der Waals surface area contributed by atoms with Crippen molar-refractivity contribution in [3.8, 4) is 23.8 Å². The number of allylic oxidation sites excluding steroid dienone is 1. The average Bonchev–Trinajstić information content (AvgIpc) is 3.45. The molecule has 184 valence electrons. The van der Waals surface area contributed by atoms with Crippen LogP contribution in [0.3, 0.4) is 0 Å². The van der Waals surface area contributed by atoms with Crippen molar-refractivity contribution in [2.24, 2.45) is 5.41 Å². The third kappa shape index (κ3) is 3.78. The Morgan fingerprint density at radius 2 is 1.89 bits per heavy atom. The Balaban J connectivity index is 1.42. The quantitative estimate of drug-likeness (QED) is 0.354. The standard InChI is InChI=1S/C27H25N9O/c1-16-9-19(5-4-7-28)10-17(2)22(16)37-24-21-23(36(18(3)31-21)11-20-6-8-30-35-20)32-25(33-24)34-27-12-26(13-27,14-27)15-29/h4-6,8-10H,11-14H2,1-3H3,(H,30,35)(H,32,33,34)/b5-4+. The molecule has 0 unspecified atom stereocenters. The SMILES string of the molecule is Cc1cc(/C=C/C#N)cc(C)c1Oc1nc(NC23CC(C#N)(C2)C3)nc2c1nc(C)n2Cc1ccn[nH]1. The van der Waals surface area contributed by atoms with Gasteiger partial charge in [-0.2, -0.15) is 25.6 Å². The average molecular weight is 492 g/mol. The Labute approximate surface area is 213 Å². The van der Waals surface area contributed by atoms with Gasteiger partial charge >= 0.3 is 0 Å². The molecule has 0 atom stereocenters. The van der Waals surface area contributed by atoms with Gasteiger partial charge in [0, 0.05) is 17.8 Å². The number of aryl methyl sites for hydroxylation is 3. The number of nitrogens with zero attached hydrogens (tertiary/aromatic N) is 7. The third-order valence-corrected chi connectivity index (χ3v) is 7.32. The number of hydrogen-bond acceptors (Lipinski definition) is 8. The van der Waals surface area contributed by atoms with E-state index < -0.39 is 0 Å². The lowest BCUT2D eigenvalue weighted by molar-refractivity contribution is -0.0665. The number of imidazole rings is 1. The van der Waals surface area contributed by atoms with Gasteiger partial charge in [-0.15, -0.1) is 0 Å². The maximum absolute atomic E-state index is 9.43. The Morgan fingerprint density at radius 1 is 1.14 bits per heavy atom. The first-order valence-electron chi connectivity index (χ1n) is 12.1.